The largest absolute Gasteiger partial charge is 0.296 e. The van der Waals surface area contributed by atoms with Gasteiger partial charge in [-0.05, 0) is 18.2 Å². The number of nitrogens with zero attached hydrogens (tertiary/aromatic N) is 3. The van der Waals surface area contributed by atoms with Crippen molar-refractivity contribution in [3.8, 4) is 16.9 Å². The molecule has 0 fully saturated rings. The van der Waals surface area contributed by atoms with Crippen molar-refractivity contribution in [2.24, 2.45) is 0 Å². The molecule has 3 aromatic rings. The van der Waals surface area contributed by atoms with Crippen LogP contribution in [0.1, 0.15) is 27.7 Å². The topological polar surface area (TPSA) is 63.6 Å². The maximum absolute atomic E-state index is 12.2. The Kier molecular flexibility index (Phi) is 7.33. The van der Waals surface area contributed by atoms with Crippen LogP contribution in [0.15, 0.2) is 59.9 Å². The van der Waals surface area contributed by atoms with E-state index in [1.54, 1.807) is 43.0 Å². The van der Waals surface area contributed by atoms with Gasteiger partial charge < -0.3 is 0 Å². The number of aromatic amines is 1. The van der Waals surface area contributed by atoms with E-state index in [4.69, 9.17) is 0 Å². The molecule has 0 atom stereocenters. The van der Waals surface area contributed by atoms with Crippen LogP contribution in [0.3, 0.4) is 0 Å². The minimum atomic E-state index is -0.137. The molecule has 1 N–H and O–H groups in total. The second-order valence-electron chi connectivity index (χ2n) is 3.76. The lowest BCUT2D eigenvalue weighted by molar-refractivity contribution is 0.819. The van der Waals surface area contributed by atoms with Gasteiger partial charge in [0.2, 0.25) is 0 Å². The Morgan fingerprint density at radius 2 is 1.77 bits per heavy atom. The fraction of sp³-hybridized carbons (Fsp3) is 0.235. The van der Waals surface area contributed by atoms with Crippen molar-refractivity contribution < 1.29 is 0 Å². The van der Waals surface area contributed by atoms with Crippen molar-refractivity contribution in [3.63, 3.8) is 0 Å². The number of pyridine rings is 2. The summed E-state index contributed by atoms with van der Waals surface area (Å²) in [7, 11) is 0. The van der Waals surface area contributed by atoms with E-state index in [0.29, 0.717) is 11.4 Å². The molecule has 0 saturated heterocycles. The third kappa shape index (κ3) is 3.91. The Morgan fingerprint density at radius 3 is 2.36 bits per heavy atom. The van der Waals surface area contributed by atoms with Crippen LogP contribution >= 0.6 is 0 Å². The van der Waals surface area contributed by atoms with Crippen LogP contribution in [-0.4, -0.2) is 19.7 Å². The lowest BCUT2D eigenvalue weighted by atomic mass is 10.2. The summed E-state index contributed by atoms with van der Waals surface area (Å²) in [5, 5.41) is 2.90. The van der Waals surface area contributed by atoms with Crippen molar-refractivity contribution in [3.05, 3.63) is 65.5 Å². The van der Waals surface area contributed by atoms with E-state index in [1.807, 2.05) is 39.8 Å². The van der Waals surface area contributed by atoms with Gasteiger partial charge in [0.25, 0.3) is 5.56 Å². The minimum absolute atomic E-state index is 0.137. The molecule has 0 aromatic carbocycles. The molecule has 0 aliphatic heterocycles. The second-order valence-corrected chi connectivity index (χ2v) is 3.76. The van der Waals surface area contributed by atoms with Gasteiger partial charge in [0.1, 0.15) is 0 Å². The smallest absolute Gasteiger partial charge is 0.280 e. The summed E-state index contributed by atoms with van der Waals surface area (Å²) in [6, 6.07) is 9.05. The van der Waals surface area contributed by atoms with Crippen LogP contribution in [0, 0.1) is 0 Å². The van der Waals surface area contributed by atoms with E-state index in [0.717, 1.165) is 5.56 Å². The van der Waals surface area contributed by atoms with Gasteiger partial charge in [-0.1, -0.05) is 39.8 Å². The van der Waals surface area contributed by atoms with Gasteiger partial charge in [-0.15, -0.1) is 0 Å². The predicted octanol–water partition coefficient (Wildman–Crippen LogP) is 3.68. The van der Waals surface area contributed by atoms with Gasteiger partial charge in [0.15, 0.2) is 5.82 Å². The highest BCUT2D eigenvalue weighted by molar-refractivity contribution is 5.60. The maximum atomic E-state index is 12.2. The van der Waals surface area contributed by atoms with E-state index >= 15 is 0 Å². The highest BCUT2D eigenvalue weighted by Crippen LogP contribution is 2.13. The van der Waals surface area contributed by atoms with Crippen LogP contribution in [0.4, 0.5) is 0 Å². The monoisotopic (exact) mass is 298 g/mol. The molecule has 0 unspecified atom stereocenters. The minimum Gasteiger partial charge on any atom is -0.296 e. The molecular weight excluding hydrogens is 276 g/mol. The first-order valence-electron chi connectivity index (χ1n) is 7.48. The van der Waals surface area contributed by atoms with Gasteiger partial charge in [0, 0.05) is 30.4 Å². The van der Waals surface area contributed by atoms with Gasteiger partial charge in [-0.3, -0.25) is 14.9 Å². The third-order valence-corrected chi connectivity index (χ3v) is 2.62. The van der Waals surface area contributed by atoms with Crippen molar-refractivity contribution in [1.82, 2.24) is 19.7 Å². The molecule has 116 valence electrons. The Hall–Kier alpha value is -2.69. The number of hydrogen-bond acceptors (Lipinski definition) is 3. The normalized spacial score (nSPS) is 9.09. The molecule has 0 bridgehead atoms. The maximum Gasteiger partial charge on any atom is 0.280 e. The van der Waals surface area contributed by atoms with Crippen LogP contribution in [0.2, 0.25) is 0 Å². The molecule has 0 radical (unpaired) electrons. The summed E-state index contributed by atoms with van der Waals surface area (Å²) in [4.78, 5) is 20.4. The van der Waals surface area contributed by atoms with E-state index in [2.05, 4.69) is 15.1 Å². The summed E-state index contributed by atoms with van der Waals surface area (Å²) in [5.74, 6) is 0.567. The standard InChI is InChI=1S/C13H10N4O.2C2H6/c18-13-11(10-4-3-6-14-8-10)9-16-17(13)12-5-1-2-7-15-12;2*1-2/h1-9,16H;2*1-2H3. The zero-order valence-electron chi connectivity index (χ0n) is 13.4. The van der Waals surface area contributed by atoms with Gasteiger partial charge >= 0.3 is 0 Å². The van der Waals surface area contributed by atoms with Crippen molar-refractivity contribution in [2.45, 2.75) is 27.7 Å². The van der Waals surface area contributed by atoms with E-state index < -0.39 is 0 Å². The zero-order valence-corrected chi connectivity index (χ0v) is 13.4. The van der Waals surface area contributed by atoms with Gasteiger partial charge in [-0.25, -0.2) is 9.67 Å². The molecule has 0 aliphatic carbocycles. The average molecular weight is 298 g/mol. The fourth-order valence-electron chi connectivity index (χ4n) is 1.75. The number of nitrogens with one attached hydrogen (secondary N) is 1. The van der Waals surface area contributed by atoms with Crippen LogP contribution in [0.5, 0.6) is 0 Å². The lowest BCUT2D eigenvalue weighted by Gasteiger charge is -1.98. The number of rotatable bonds is 2. The molecule has 5 nitrogen and oxygen atoms in total. The lowest BCUT2D eigenvalue weighted by Crippen LogP contribution is -2.16. The Bertz CT molecular complexity index is 642. The molecule has 0 aliphatic rings. The molecule has 0 spiro atoms. The summed E-state index contributed by atoms with van der Waals surface area (Å²) >= 11 is 0. The molecule has 0 saturated carbocycles. The quantitative estimate of drug-likeness (QED) is 0.785. The van der Waals surface area contributed by atoms with Gasteiger partial charge in [-0.2, -0.15) is 0 Å². The third-order valence-electron chi connectivity index (χ3n) is 2.62. The number of aromatic nitrogens is 4. The fourth-order valence-corrected chi connectivity index (χ4v) is 1.75. The summed E-state index contributed by atoms with van der Waals surface area (Å²) in [6.07, 6.45) is 6.64. The summed E-state index contributed by atoms with van der Waals surface area (Å²) in [5.41, 5.74) is 1.23. The molecule has 3 aromatic heterocycles. The first-order chi connectivity index (χ1) is 10.9. The Labute approximate surface area is 130 Å². The number of H-pyrrole nitrogens is 1. The molecule has 22 heavy (non-hydrogen) atoms. The molecule has 5 heteroatoms. The van der Waals surface area contributed by atoms with Crippen molar-refractivity contribution in [2.75, 3.05) is 0 Å². The second kappa shape index (κ2) is 9.28. The van der Waals surface area contributed by atoms with Crippen LogP contribution in [0.25, 0.3) is 16.9 Å². The van der Waals surface area contributed by atoms with Crippen molar-refractivity contribution >= 4 is 0 Å². The Balaban J connectivity index is 0.000000561. The van der Waals surface area contributed by atoms with Crippen LogP contribution < -0.4 is 5.56 Å². The summed E-state index contributed by atoms with van der Waals surface area (Å²) in [6.45, 7) is 8.00. The van der Waals surface area contributed by atoms with E-state index in [-0.39, 0.29) is 5.56 Å². The van der Waals surface area contributed by atoms with E-state index in [9.17, 15) is 4.79 Å². The SMILES string of the molecule is CC.CC.O=c1c(-c2cccnc2)c[nH]n1-c1ccccn1. The van der Waals surface area contributed by atoms with Crippen LogP contribution in [-0.2, 0) is 0 Å². The average Bonchev–Trinajstić information content (AvgIpc) is 3.01. The Morgan fingerprint density at radius 1 is 1.00 bits per heavy atom. The van der Waals surface area contributed by atoms with E-state index in [1.165, 1.54) is 4.68 Å². The molecule has 3 rings (SSSR count). The van der Waals surface area contributed by atoms with Crippen molar-refractivity contribution in [1.29, 1.82) is 0 Å². The molecule has 0 amide bonds. The highest BCUT2D eigenvalue weighted by atomic mass is 16.1. The molecule has 3 heterocycles. The first kappa shape index (κ1) is 17.4. The zero-order chi connectivity index (χ0) is 16.4. The first-order valence-corrected chi connectivity index (χ1v) is 7.48. The highest BCUT2D eigenvalue weighted by Gasteiger charge is 2.09. The molecular formula is C17H22N4O. The summed E-state index contributed by atoms with van der Waals surface area (Å²) < 4.78 is 1.41. The number of hydrogen-bond donors (Lipinski definition) is 1. The van der Waals surface area contributed by atoms with Gasteiger partial charge in [0.05, 0.1) is 5.56 Å². The predicted molar refractivity (Wildman–Crippen MR) is 90.1 cm³/mol.